The van der Waals surface area contributed by atoms with Crippen molar-refractivity contribution in [3.05, 3.63) is 143 Å². The number of para-hydroxylation sites is 2. The fourth-order valence-electron chi connectivity index (χ4n) is 5.84. The Balaban J connectivity index is 1.30. The van der Waals surface area contributed by atoms with Crippen LogP contribution in [0.5, 0.6) is 5.75 Å². The maximum Gasteiger partial charge on any atom is 0.314 e. The lowest BCUT2D eigenvalue weighted by Gasteiger charge is -2.45. The molecule has 1 amide bonds. The Bertz CT molecular complexity index is 1870. The number of rotatable bonds is 4. The normalized spacial score (nSPS) is 21.6. The van der Waals surface area contributed by atoms with Gasteiger partial charge >= 0.3 is 5.85 Å². The van der Waals surface area contributed by atoms with Crippen molar-refractivity contribution in [2.75, 3.05) is 0 Å². The minimum atomic E-state index is -1.29. The van der Waals surface area contributed by atoms with Crippen molar-refractivity contribution in [2.24, 2.45) is 5.10 Å². The largest absolute Gasteiger partial charge is 0.444 e. The van der Waals surface area contributed by atoms with Gasteiger partial charge in [0, 0.05) is 29.3 Å². The number of ether oxygens (including phenoxy) is 1. The van der Waals surface area contributed by atoms with Crippen LogP contribution in [0.4, 0.5) is 4.79 Å². The number of nitrogens with one attached hydrogen (secondary N) is 1. The van der Waals surface area contributed by atoms with Crippen LogP contribution in [-0.4, -0.2) is 31.6 Å². The monoisotopic (exact) mass is 567 g/mol. The van der Waals surface area contributed by atoms with Crippen LogP contribution in [0.2, 0.25) is 0 Å². The molecule has 0 aliphatic carbocycles. The maximum absolute atomic E-state index is 13.2. The first-order valence-corrected chi connectivity index (χ1v) is 14.6. The second-order valence-corrected chi connectivity index (χ2v) is 11.4. The van der Waals surface area contributed by atoms with Gasteiger partial charge in [0.05, 0.1) is 28.0 Å². The number of hydrogen-bond acceptors (Lipinski definition) is 6. The molecule has 1 aromatic heterocycles. The van der Waals surface area contributed by atoms with Gasteiger partial charge in [-0.1, -0.05) is 97.1 Å². The van der Waals surface area contributed by atoms with Crippen LogP contribution in [-0.2, 0) is 0 Å². The third kappa shape index (κ3) is 4.02. The Morgan fingerprint density at radius 2 is 1.52 bits per heavy atom. The van der Waals surface area contributed by atoms with Gasteiger partial charge in [0.15, 0.2) is 0 Å². The van der Waals surface area contributed by atoms with E-state index in [0.29, 0.717) is 11.3 Å². The molecule has 1 N–H and O–H groups in total. The molecule has 42 heavy (non-hydrogen) atoms. The number of fused-ring (bicyclic) bond motifs is 4. The summed E-state index contributed by atoms with van der Waals surface area (Å²) in [6.07, 6.45) is 4.71. The van der Waals surface area contributed by atoms with E-state index in [0.717, 1.165) is 56.9 Å². The molecule has 4 heterocycles. The highest BCUT2D eigenvalue weighted by atomic mass is 32.2. The lowest BCUT2D eigenvalue weighted by atomic mass is 9.95. The molecule has 204 valence electrons. The second kappa shape index (κ2) is 9.78. The highest BCUT2D eigenvalue weighted by Gasteiger charge is 2.58. The first kappa shape index (κ1) is 24.7. The number of benzene rings is 4. The molecule has 3 aliphatic rings. The number of hydrazone groups is 1. The van der Waals surface area contributed by atoms with E-state index in [9.17, 15) is 4.79 Å². The quantitative estimate of drug-likeness (QED) is 0.248. The second-order valence-electron chi connectivity index (χ2n) is 10.4. The van der Waals surface area contributed by atoms with E-state index in [-0.39, 0.29) is 11.3 Å². The summed E-state index contributed by atoms with van der Waals surface area (Å²) in [6.45, 7) is 0. The summed E-state index contributed by atoms with van der Waals surface area (Å²) in [5.41, 5.74) is 6.66. The number of hydrogen-bond donors (Lipinski definition) is 1. The van der Waals surface area contributed by atoms with Crippen LogP contribution in [0.1, 0.15) is 29.2 Å². The Morgan fingerprint density at radius 3 is 2.29 bits per heavy atom. The molecule has 0 radical (unpaired) electrons. The molecular weight excluding hydrogens is 542 g/mol. The Hall–Kier alpha value is -5.08. The van der Waals surface area contributed by atoms with Gasteiger partial charge in [-0.15, -0.1) is 0 Å². The number of aromatic nitrogens is 2. The Labute approximate surface area is 247 Å². The van der Waals surface area contributed by atoms with Gasteiger partial charge in [-0.3, -0.25) is 10.1 Å². The number of carbonyl (C=O) groups is 1. The van der Waals surface area contributed by atoms with E-state index in [1.54, 1.807) is 0 Å². The van der Waals surface area contributed by atoms with Crippen LogP contribution < -0.4 is 10.1 Å². The zero-order chi connectivity index (χ0) is 28.1. The first-order valence-electron chi connectivity index (χ1n) is 13.8. The van der Waals surface area contributed by atoms with Crippen molar-refractivity contribution in [1.29, 1.82) is 0 Å². The summed E-state index contributed by atoms with van der Waals surface area (Å²) in [4.78, 5) is 13.9. The average molecular weight is 568 g/mol. The van der Waals surface area contributed by atoms with Crippen LogP contribution in [0.3, 0.4) is 0 Å². The molecule has 8 rings (SSSR count). The van der Waals surface area contributed by atoms with E-state index in [2.05, 4.69) is 23.5 Å². The summed E-state index contributed by atoms with van der Waals surface area (Å²) < 4.78 is 8.61. The summed E-state index contributed by atoms with van der Waals surface area (Å²) in [5.74, 6) is -0.555. The van der Waals surface area contributed by atoms with Crippen molar-refractivity contribution in [1.82, 2.24) is 20.1 Å². The van der Waals surface area contributed by atoms with Crippen molar-refractivity contribution in [3.63, 3.8) is 0 Å². The average Bonchev–Trinajstić information content (AvgIpc) is 3.75. The lowest BCUT2D eigenvalue weighted by molar-refractivity contribution is -0.0949. The lowest BCUT2D eigenvalue weighted by Crippen LogP contribution is -2.61. The number of carbonyl (C=O) groups excluding carboxylic acids is 1. The summed E-state index contributed by atoms with van der Waals surface area (Å²) in [5, 5.41) is 15.0. The predicted molar refractivity (Wildman–Crippen MR) is 165 cm³/mol. The van der Waals surface area contributed by atoms with Gasteiger partial charge in [0.1, 0.15) is 5.75 Å². The molecular formula is C34H25N5O2S. The molecule has 0 saturated carbocycles. The van der Waals surface area contributed by atoms with Crippen molar-refractivity contribution >= 4 is 28.8 Å². The van der Waals surface area contributed by atoms with Crippen molar-refractivity contribution in [2.45, 2.75) is 18.3 Å². The van der Waals surface area contributed by atoms with Crippen molar-refractivity contribution < 1.29 is 9.53 Å². The predicted octanol–water partition coefficient (Wildman–Crippen LogP) is 7.23. The van der Waals surface area contributed by atoms with Gasteiger partial charge in [0.2, 0.25) is 0 Å². The molecule has 2 unspecified atom stereocenters. The molecule has 5 aromatic rings. The maximum atomic E-state index is 13.2. The van der Waals surface area contributed by atoms with Crippen molar-refractivity contribution in [3.8, 4) is 22.7 Å². The van der Waals surface area contributed by atoms with Gasteiger partial charge in [-0.2, -0.15) is 10.2 Å². The van der Waals surface area contributed by atoms with E-state index >= 15 is 0 Å². The SMILES string of the molecule is O=C1NC2(Oc3ccccc3C3CC(c4ccccc4)=NN32)/C(=C/c2cn(-c3ccccc3)nc2-c2ccccc2)S1. The smallest absolute Gasteiger partial charge is 0.314 e. The van der Waals surface area contributed by atoms with Gasteiger partial charge in [0.25, 0.3) is 5.24 Å². The fourth-order valence-corrected chi connectivity index (χ4v) is 6.74. The van der Waals surface area contributed by atoms with Crippen LogP contribution in [0.25, 0.3) is 23.0 Å². The zero-order valence-electron chi connectivity index (χ0n) is 22.4. The number of thioether (sulfide) groups is 1. The summed E-state index contributed by atoms with van der Waals surface area (Å²) >= 11 is 1.13. The zero-order valence-corrected chi connectivity index (χ0v) is 23.2. The van der Waals surface area contributed by atoms with Gasteiger partial charge < -0.3 is 4.74 Å². The summed E-state index contributed by atoms with van der Waals surface area (Å²) in [7, 11) is 0. The highest BCUT2D eigenvalue weighted by molar-refractivity contribution is 8.17. The van der Waals surface area contributed by atoms with Gasteiger partial charge in [-0.05, 0) is 41.6 Å². The Kier molecular flexibility index (Phi) is 5.75. The molecule has 1 saturated heterocycles. The molecule has 7 nitrogen and oxygen atoms in total. The topological polar surface area (TPSA) is 71.8 Å². The first-order chi connectivity index (χ1) is 20.7. The third-order valence-electron chi connectivity index (χ3n) is 7.78. The minimum absolute atomic E-state index is 0.104. The number of nitrogens with zero attached hydrogens (tertiary/aromatic N) is 4. The van der Waals surface area contributed by atoms with E-state index < -0.39 is 5.85 Å². The van der Waals surface area contributed by atoms with E-state index in [1.165, 1.54) is 0 Å². The molecule has 2 atom stereocenters. The summed E-state index contributed by atoms with van der Waals surface area (Å²) in [6, 6.07) is 38.2. The van der Waals surface area contributed by atoms with Crippen LogP contribution in [0, 0.1) is 0 Å². The standard InChI is InChI=1S/C34H25N5O2S/c40-33-35-34(39-29(27-18-10-11-19-30(27)41-34)21-28(36-39)23-12-4-1-5-13-23)31(42-33)20-25-22-38(26-16-8-3-9-17-26)37-32(25)24-14-6-2-7-15-24/h1-20,22,29H,21H2,(H,35,40)/b31-20-. The molecule has 1 fully saturated rings. The van der Waals surface area contributed by atoms with E-state index in [1.807, 2.05) is 119 Å². The minimum Gasteiger partial charge on any atom is -0.444 e. The molecule has 4 aromatic carbocycles. The van der Waals surface area contributed by atoms with Crippen LogP contribution >= 0.6 is 11.8 Å². The molecule has 8 heteroatoms. The fraction of sp³-hybridized carbons (Fsp3) is 0.0882. The molecule has 3 aliphatic heterocycles. The number of amides is 1. The van der Waals surface area contributed by atoms with E-state index in [4.69, 9.17) is 14.9 Å². The Morgan fingerprint density at radius 1 is 0.857 bits per heavy atom. The molecule has 1 spiro atoms. The highest BCUT2D eigenvalue weighted by Crippen LogP contribution is 2.53. The van der Waals surface area contributed by atoms with Crippen LogP contribution in [0.15, 0.2) is 131 Å². The third-order valence-corrected chi connectivity index (χ3v) is 8.68. The molecule has 0 bridgehead atoms. The van der Waals surface area contributed by atoms with Gasteiger partial charge in [-0.25, -0.2) is 9.69 Å².